The van der Waals surface area contributed by atoms with E-state index < -0.39 is 59.7 Å². The second-order valence-electron chi connectivity index (χ2n) is 25.4. The van der Waals surface area contributed by atoms with Crippen LogP contribution in [0.25, 0.3) is 0 Å². The van der Waals surface area contributed by atoms with Crippen LogP contribution in [0, 0.1) is 76.4 Å². The number of carbonyl (C=O) groups is 4. The van der Waals surface area contributed by atoms with Crippen LogP contribution in [0.3, 0.4) is 0 Å². The molecule has 0 aliphatic heterocycles. The van der Waals surface area contributed by atoms with Crippen molar-refractivity contribution in [3.63, 3.8) is 0 Å². The van der Waals surface area contributed by atoms with Crippen molar-refractivity contribution in [2.24, 2.45) is 76.4 Å². The fraction of sp³-hybridized carbons (Fsp3) is 0.912. The maximum Gasteiger partial charge on any atom is 0.426 e. The van der Waals surface area contributed by atoms with Gasteiger partial charge in [0.2, 0.25) is 0 Å². The van der Waals surface area contributed by atoms with Crippen molar-refractivity contribution >= 4 is 23.9 Å². The summed E-state index contributed by atoms with van der Waals surface area (Å²) in [5, 5.41) is 17.4. The highest BCUT2D eigenvalue weighted by Crippen LogP contribution is 2.54. The number of alkyl halides is 12. The quantitative estimate of drug-likeness (QED) is 0.0691. The molecule has 0 radical (unpaired) electrons. The molecule has 6 saturated carbocycles. The average Bonchev–Trinajstić information content (AvgIpc) is 1.11. The molecule has 2 N–H and O–H groups in total. The zero-order valence-corrected chi connectivity index (χ0v) is 59.4. The molecule has 6 aliphatic rings. The highest BCUT2D eigenvalue weighted by Gasteiger charge is 2.71. The molecule has 24 heteroatoms. The number of ether oxygens (including phenoxy) is 6. The van der Waals surface area contributed by atoms with Crippen LogP contribution in [0.4, 0.5) is 52.7 Å². The van der Waals surface area contributed by atoms with E-state index in [0.29, 0.717) is 48.7 Å². The van der Waals surface area contributed by atoms with Crippen molar-refractivity contribution in [3.8, 4) is 0 Å². The minimum atomic E-state index is -5.76. The lowest BCUT2D eigenvalue weighted by molar-refractivity contribution is -0.375. The Kier molecular flexibility index (Phi) is 48.3. The third kappa shape index (κ3) is 34.0. The second-order valence-corrected chi connectivity index (χ2v) is 25.4. The van der Waals surface area contributed by atoms with Crippen LogP contribution in [0.2, 0.25) is 0 Å². The largest absolute Gasteiger partial charge is 0.469 e. The van der Waals surface area contributed by atoms with Gasteiger partial charge >= 0.3 is 48.6 Å². The van der Waals surface area contributed by atoms with Crippen molar-refractivity contribution in [2.45, 2.75) is 269 Å². The van der Waals surface area contributed by atoms with Crippen molar-refractivity contribution in [1.29, 1.82) is 0 Å². The standard InChI is InChI=1S/2C18H30O2.C9H14F6O.C7H8F6O.2C3H6O2.2C3H8O.2C2H6/c2*1-3-13-4-6-14(7-5-13)11-20-18(19)17-12(2)15-8-9-16(17)10-15;1-4-6(2,3)5-7(16,8(10,11)12)9(13,14)15;1-4(2)3-5(14,6(8,9)10)7(11,12)13;2*1-3(4)5-2;2*1-3-4-2;2*1-2/h2*12-17H,3-11H2,1-2H3;16H,4-5H2,1-3H3;14H,1,3H2,2H3;2*1-2H3;2*3H2,1-2H3;2*1-2H3. The van der Waals surface area contributed by atoms with Gasteiger partial charge < -0.3 is 38.6 Å². The SMILES string of the molecule is C=C(C)CC(O)(C(F)(F)F)C(F)(F)F.CC.CC.CCC(C)(C)CC(O)(C(F)(F)F)C(F)(F)F.CCC1CCC(COC(=O)C2C3CCC(C3)C2C)CC1.CCC1CCC(COC(=O)C2C3CCC(C3)C2C)CC1.CCOC.CCOC.COC(C)=O.COC(C)=O. The van der Waals surface area contributed by atoms with E-state index in [2.05, 4.69) is 53.2 Å². The third-order valence-electron chi connectivity index (χ3n) is 18.5. The third-order valence-corrected chi connectivity index (χ3v) is 18.5. The number of hydrogen-bond donors (Lipinski definition) is 2. The molecule has 0 amide bonds. The number of fused-ring (bicyclic) bond motifs is 4. The van der Waals surface area contributed by atoms with Gasteiger partial charge in [0.25, 0.3) is 11.2 Å². The van der Waals surface area contributed by atoms with Gasteiger partial charge in [0.05, 0.1) is 39.3 Å². The highest BCUT2D eigenvalue weighted by molar-refractivity contribution is 5.74. The first-order valence-corrected chi connectivity index (χ1v) is 33.2. The summed E-state index contributed by atoms with van der Waals surface area (Å²) in [5.41, 5.74) is -11.0. The van der Waals surface area contributed by atoms with Gasteiger partial charge in [0.1, 0.15) is 0 Å². The van der Waals surface area contributed by atoms with Gasteiger partial charge in [-0.15, -0.1) is 6.58 Å². The van der Waals surface area contributed by atoms with Crippen LogP contribution in [-0.2, 0) is 47.6 Å². The van der Waals surface area contributed by atoms with Crippen LogP contribution in [0.1, 0.15) is 233 Å². The summed E-state index contributed by atoms with van der Waals surface area (Å²) in [6.07, 6.45) is -5.06. The van der Waals surface area contributed by atoms with Gasteiger partial charge in [0, 0.05) is 47.7 Å². The Morgan fingerprint density at radius 1 is 0.457 bits per heavy atom. The maximum atomic E-state index is 12.4. The van der Waals surface area contributed by atoms with Gasteiger partial charge in [-0.1, -0.05) is 127 Å². The van der Waals surface area contributed by atoms with Crippen molar-refractivity contribution in [2.75, 3.05) is 54.9 Å². The van der Waals surface area contributed by atoms with E-state index in [1.165, 1.54) is 152 Å². The van der Waals surface area contributed by atoms with E-state index >= 15 is 0 Å². The molecule has 0 heterocycles. The number of carbonyl (C=O) groups excluding carboxylic acids is 4. The van der Waals surface area contributed by atoms with Gasteiger partial charge in [0.15, 0.2) is 0 Å². The summed E-state index contributed by atoms with van der Waals surface area (Å²) < 4.78 is 174. The van der Waals surface area contributed by atoms with E-state index in [1.54, 1.807) is 14.2 Å². The van der Waals surface area contributed by atoms with Crippen LogP contribution in [0.15, 0.2) is 12.2 Å². The molecule has 0 saturated heterocycles. The predicted octanol–water partition coefficient (Wildman–Crippen LogP) is 19.0. The van der Waals surface area contributed by atoms with Gasteiger partial charge in [-0.25, -0.2) is 0 Å². The molecule has 12 nitrogen and oxygen atoms in total. The zero-order valence-electron chi connectivity index (χ0n) is 59.4. The van der Waals surface area contributed by atoms with E-state index in [9.17, 15) is 71.9 Å². The Morgan fingerprint density at radius 3 is 0.880 bits per heavy atom. The molecule has 6 fully saturated rings. The lowest BCUT2D eigenvalue weighted by Gasteiger charge is -2.38. The predicted molar refractivity (Wildman–Crippen MR) is 336 cm³/mol. The number of aliphatic hydroxyl groups is 2. The molecule has 0 aromatic carbocycles. The maximum absolute atomic E-state index is 12.4. The molecule has 8 atom stereocenters. The highest BCUT2D eigenvalue weighted by atomic mass is 19.4. The molecule has 8 unspecified atom stereocenters. The topological polar surface area (TPSA) is 164 Å². The first-order chi connectivity index (χ1) is 42.4. The molecular formula is C68H122F12O12. The van der Waals surface area contributed by atoms with Crippen LogP contribution < -0.4 is 0 Å². The average molecular weight is 1360 g/mol. The number of hydrogen-bond acceptors (Lipinski definition) is 12. The molecule has 92 heavy (non-hydrogen) atoms. The summed E-state index contributed by atoms with van der Waals surface area (Å²) in [6, 6.07) is 0. The summed E-state index contributed by atoms with van der Waals surface area (Å²) in [6.45, 7) is 34.6. The number of methoxy groups -OCH3 is 4. The fourth-order valence-corrected chi connectivity index (χ4v) is 12.2. The zero-order chi connectivity index (χ0) is 72.8. The summed E-state index contributed by atoms with van der Waals surface area (Å²) in [4.78, 5) is 44.0. The Balaban J connectivity index is -0.000000509. The molecule has 0 aromatic heterocycles. The molecule has 6 rings (SSSR count). The van der Waals surface area contributed by atoms with Gasteiger partial charge in [-0.2, -0.15) is 52.7 Å². The molecule has 0 aromatic rings. The van der Waals surface area contributed by atoms with Crippen molar-refractivity contribution < 1.29 is 110 Å². The second kappa shape index (κ2) is 46.7. The first kappa shape index (κ1) is 95.0. The first-order valence-electron chi connectivity index (χ1n) is 33.2. The summed E-state index contributed by atoms with van der Waals surface area (Å²) in [7, 11) is 6.06. The van der Waals surface area contributed by atoms with E-state index in [0.717, 1.165) is 43.8 Å². The van der Waals surface area contributed by atoms with Crippen LogP contribution in [0.5, 0.6) is 0 Å². The van der Waals surface area contributed by atoms with E-state index in [-0.39, 0.29) is 42.1 Å². The molecule has 550 valence electrons. The summed E-state index contributed by atoms with van der Waals surface area (Å²) in [5.74, 6) is 7.34. The van der Waals surface area contributed by atoms with Crippen LogP contribution in [-0.4, -0.2) is 125 Å². The lowest BCUT2D eigenvalue weighted by Crippen LogP contribution is -2.58. The Labute approximate surface area is 544 Å². The van der Waals surface area contributed by atoms with Crippen molar-refractivity contribution in [1.82, 2.24) is 0 Å². The smallest absolute Gasteiger partial charge is 0.426 e. The normalized spacial score (nSPS) is 25.4. The number of rotatable bonds is 15. The Bertz CT molecular complexity index is 1840. The van der Waals surface area contributed by atoms with E-state index in [1.807, 2.05) is 41.5 Å². The lowest BCUT2D eigenvalue weighted by atomic mass is 9.77. The molecule has 6 aliphatic carbocycles. The molecule has 4 bridgehead atoms. The molecule has 0 spiro atoms. The van der Waals surface area contributed by atoms with E-state index in [4.69, 9.17) is 19.7 Å². The van der Waals surface area contributed by atoms with Crippen molar-refractivity contribution in [3.05, 3.63) is 12.2 Å². The van der Waals surface area contributed by atoms with Crippen LogP contribution >= 0.6 is 0 Å². The summed E-state index contributed by atoms with van der Waals surface area (Å²) >= 11 is 0. The molecular weight excluding hydrogens is 1240 g/mol. The van der Waals surface area contributed by atoms with Gasteiger partial charge in [-0.05, 0) is 156 Å². The fourth-order valence-electron chi connectivity index (χ4n) is 12.2. The Hall–Kier alpha value is -3.38. The monoisotopic (exact) mass is 1360 g/mol. The van der Waals surface area contributed by atoms with Gasteiger partial charge in [-0.3, -0.25) is 19.2 Å². The minimum Gasteiger partial charge on any atom is -0.469 e. The number of esters is 4. The Morgan fingerprint density at radius 2 is 0.707 bits per heavy atom. The minimum absolute atomic E-state index is 0.0987. The number of halogens is 12.